The second-order valence-electron chi connectivity index (χ2n) is 9.19. The smallest absolute Gasteiger partial charge is 0.141 e. The van der Waals surface area contributed by atoms with Crippen LogP contribution in [0, 0.1) is 5.82 Å². The average Bonchev–Trinajstić information content (AvgIpc) is 3.43. The van der Waals surface area contributed by atoms with E-state index in [1.165, 1.54) is 30.5 Å². The first-order chi connectivity index (χ1) is 18.1. The number of fused-ring (bicyclic) bond motifs is 1. The first-order valence-corrected chi connectivity index (χ1v) is 13.4. The summed E-state index contributed by atoms with van der Waals surface area (Å²) in [5, 5.41) is 4.88. The van der Waals surface area contributed by atoms with Crippen LogP contribution < -0.4 is 14.8 Å². The third-order valence-electron chi connectivity index (χ3n) is 6.56. The van der Waals surface area contributed by atoms with Gasteiger partial charge >= 0.3 is 0 Å². The molecule has 4 aromatic rings. The summed E-state index contributed by atoms with van der Waals surface area (Å²) in [4.78, 5) is 9.15. The zero-order valence-corrected chi connectivity index (χ0v) is 21.9. The van der Waals surface area contributed by atoms with E-state index in [0.29, 0.717) is 29.2 Å². The zero-order chi connectivity index (χ0) is 25.6. The molecule has 0 aliphatic heterocycles. The molecule has 0 atom stereocenters. The van der Waals surface area contributed by atoms with Crippen molar-refractivity contribution in [1.29, 1.82) is 0 Å². The Labute approximate surface area is 225 Å². The minimum absolute atomic E-state index is 0.223. The fourth-order valence-corrected chi connectivity index (χ4v) is 5.14. The summed E-state index contributed by atoms with van der Waals surface area (Å²) in [6.45, 7) is 0.794. The number of alkyl halides is 1. The van der Waals surface area contributed by atoms with Crippen LogP contribution in [0.4, 0.5) is 15.9 Å². The first kappa shape index (κ1) is 25.6. The highest BCUT2D eigenvalue weighted by Gasteiger charge is 2.23. The van der Waals surface area contributed by atoms with Gasteiger partial charge in [-0.1, -0.05) is 36.6 Å². The van der Waals surface area contributed by atoms with Crippen LogP contribution in [0.15, 0.2) is 60.9 Å². The third kappa shape index (κ3) is 6.25. The van der Waals surface area contributed by atoms with Crippen molar-refractivity contribution in [3.05, 3.63) is 82.9 Å². The number of ether oxygens (including phenoxy) is 2. The molecule has 1 aliphatic rings. The largest absolute Gasteiger partial charge is 0.493 e. The molecule has 1 N–H and O–H groups in total. The fraction of sp³-hybridized carbons (Fsp3) is 0.310. The number of rotatable bonds is 10. The van der Waals surface area contributed by atoms with Gasteiger partial charge in [0.1, 0.15) is 36.1 Å². The van der Waals surface area contributed by atoms with Crippen molar-refractivity contribution >= 4 is 45.6 Å². The molecule has 5 rings (SSSR count). The first-order valence-electron chi connectivity index (χ1n) is 12.5. The standard InChI is InChI=1S/C29H28Cl2FN3O2/c30-11-4-12-36-23-15-24(20-6-1-2-7-20)28-26(16-23)33-18-34-29(28)35-22-9-10-27(25(31)14-22)37-17-19-5-3-8-21(32)13-19/h3,5,8-10,13-16,18,20H,1-2,4,6-7,11-12,17H2,(H,33,34,35). The second-order valence-corrected chi connectivity index (χ2v) is 9.98. The number of anilines is 2. The average molecular weight is 540 g/mol. The minimum Gasteiger partial charge on any atom is -0.493 e. The second kappa shape index (κ2) is 12.0. The predicted molar refractivity (Wildman–Crippen MR) is 147 cm³/mol. The third-order valence-corrected chi connectivity index (χ3v) is 7.12. The van der Waals surface area contributed by atoms with Gasteiger partial charge in [-0.05, 0) is 72.7 Å². The van der Waals surface area contributed by atoms with Crippen molar-refractivity contribution in [2.45, 2.75) is 44.6 Å². The Kier molecular flexibility index (Phi) is 8.27. The molecule has 1 fully saturated rings. The van der Waals surface area contributed by atoms with Crippen LogP contribution >= 0.6 is 23.2 Å². The van der Waals surface area contributed by atoms with E-state index in [9.17, 15) is 4.39 Å². The van der Waals surface area contributed by atoms with Crippen molar-refractivity contribution in [2.75, 3.05) is 17.8 Å². The summed E-state index contributed by atoms with van der Waals surface area (Å²) in [7, 11) is 0. The molecule has 37 heavy (non-hydrogen) atoms. The number of nitrogens with zero attached hydrogens (tertiary/aromatic N) is 2. The Balaban J connectivity index is 1.40. The molecule has 1 heterocycles. The van der Waals surface area contributed by atoms with E-state index in [-0.39, 0.29) is 12.4 Å². The van der Waals surface area contributed by atoms with Crippen LogP contribution in [-0.2, 0) is 6.61 Å². The minimum atomic E-state index is -0.297. The molecule has 0 unspecified atom stereocenters. The molecule has 192 valence electrons. The van der Waals surface area contributed by atoms with Gasteiger partial charge in [0, 0.05) is 23.0 Å². The fourth-order valence-electron chi connectivity index (χ4n) is 4.80. The monoisotopic (exact) mass is 539 g/mol. The zero-order valence-electron chi connectivity index (χ0n) is 20.4. The Morgan fingerprint density at radius 1 is 1.00 bits per heavy atom. The molecule has 5 nitrogen and oxygen atoms in total. The molecular weight excluding hydrogens is 512 g/mol. The number of halogens is 3. The van der Waals surface area contributed by atoms with Crippen LogP contribution in [-0.4, -0.2) is 22.5 Å². The van der Waals surface area contributed by atoms with E-state index in [0.717, 1.165) is 53.0 Å². The molecule has 8 heteroatoms. The molecule has 0 bridgehead atoms. The van der Waals surface area contributed by atoms with Gasteiger partial charge in [-0.25, -0.2) is 14.4 Å². The molecule has 1 saturated carbocycles. The molecule has 1 aliphatic carbocycles. The Morgan fingerprint density at radius 3 is 2.65 bits per heavy atom. The van der Waals surface area contributed by atoms with Crippen molar-refractivity contribution in [3.8, 4) is 11.5 Å². The lowest BCUT2D eigenvalue weighted by Gasteiger charge is -2.18. The summed E-state index contributed by atoms with van der Waals surface area (Å²) in [5.41, 5.74) is 3.56. The van der Waals surface area contributed by atoms with Gasteiger partial charge in [0.15, 0.2) is 0 Å². The lowest BCUT2D eigenvalue weighted by Crippen LogP contribution is -2.04. The molecule has 1 aromatic heterocycles. The van der Waals surface area contributed by atoms with E-state index in [1.54, 1.807) is 24.5 Å². The predicted octanol–water partition coefficient (Wildman–Crippen LogP) is 8.41. The van der Waals surface area contributed by atoms with Crippen molar-refractivity contribution < 1.29 is 13.9 Å². The Bertz CT molecular complexity index is 1380. The topological polar surface area (TPSA) is 56.3 Å². The molecular formula is C29H28Cl2FN3O2. The van der Waals surface area contributed by atoms with Crippen LogP contribution in [0.5, 0.6) is 11.5 Å². The highest BCUT2D eigenvalue weighted by atomic mass is 35.5. The summed E-state index contributed by atoms with van der Waals surface area (Å²) in [6, 6.07) is 15.9. The van der Waals surface area contributed by atoms with Gasteiger partial charge in [-0.3, -0.25) is 0 Å². The van der Waals surface area contributed by atoms with Gasteiger partial charge in [0.25, 0.3) is 0 Å². The van der Waals surface area contributed by atoms with E-state index in [2.05, 4.69) is 21.4 Å². The van der Waals surface area contributed by atoms with Crippen molar-refractivity contribution in [2.24, 2.45) is 0 Å². The van der Waals surface area contributed by atoms with Crippen molar-refractivity contribution in [1.82, 2.24) is 9.97 Å². The maximum absolute atomic E-state index is 13.5. The quantitative estimate of drug-likeness (QED) is 0.162. The SMILES string of the molecule is Fc1cccc(COc2ccc(Nc3ncnc4cc(OCCCCl)cc(C5CCCC5)c34)cc2Cl)c1. The molecule has 0 amide bonds. The van der Waals surface area contributed by atoms with Crippen LogP contribution in [0.25, 0.3) is 10.9 Å². The molecule has 3 aromatic carbocycles. The molecule has 0 radical (unpaired) electrons. The maximum atomic E-state index is 13.5. The van der Waals surface area contributed by atoms with E-state index >= 15 is 0 Å². The number of aromatic nitrogens is 2. The van der Waals surface area contributed by atoms with Gasteiger partial charge < -0.3 is 14.8 Å². The molecule has 0 saturated heterocycles. The van der Waals surface area contributed by atoms with E-state index < -0.39 is 0 Å². The van der Waals surface area contributed by atoms with Gasteiger partial charge in [-0.15, -0.1) is 11.6 Å². The van der Waals surface area contributed by atoms with Gasteiger partial charge in [0.2, 0.25) is 0 Å². The van der Waals surface area contributed by atoms with Gasteiger partial charge in [-0.2, -0.15) is 0 Å². The summed E-state index contributed by atoms with van der Waals surface area (Å²) in [5.74, 6) is 2.77. The summed E-state index contributed by atoms with van der Waals surface area (Å²) < 4.78 is 25.3. The van der Waals surface area contributed by atoms with Crippen molar-refractivity contribution in [3.63, 3.8) is 0 Å². The maximum Gasteiger partial charge on any atom is 0.141 e. The lowest BCUT2D eigenvalue weighted by atomic mass is 9.93. The number of hydrogen-bond donors (Lipinski definition) is 1. The number of nitrogens with one attached hydrogen (secondary N) is 1. The normalized spacial score (nSPS) is 13.7. The highest BCUT2D eigenvalue weighted by Crippen LogP contribution is 2.42. The molecule has 0 spiro atoms. The summed E-state index contributed by atoms with van der Waals surface area (Å²) in [6.07, 6.45) is 7.05. The highest BCUT2D eigenvalue weighted by molar-refractivity contribution is 6.32. The summed E-state index contributed by atoms with van der Waals surface area (Å²) >= 11 is 12.4. The number of hydrogen-bond acceptors (Lipinski definition) is 5. The Morgan fingerprint density at radius 2 is 1.86 bits per heavy atom. The van der Waals surface area contributed by atoms with E-state index in [1.807, 2.05) is 18.2 Å². The van der Waals surface area contributed by atoms with Gasteiger partial charge in [0.05, 0.1) is 17.1 Å². The van der Waals surface area contributed by atoms with E-state index in [4.69, 9.17) is 32.7 Å². The van der Waals surface area contributed by atoms with Crippen LogP contribution in [0.2, 0.25) is 5.02 Å². The number of benzene rings is 3. The van der Waals surface area contributed by atoms with Crippen LogP contribution in [0.3, 0.4) is 0 Å². The Hall–Kier alpha value is -3.09. The van der Waals surface area contributed by atoms with Crippen LogP contribution in [0.1, 0.15) is 49.1 Å². The lowest BCUT2D eigenvalue weighted by molar-refractivity contribution is 0.306.